The summed E-state index contributed by atoms with van der Waals surface area (Å²) >= 11 is 0. The summed E-state index contributed by atoms with van der Waals surface area (Å²) < 4.78 is 36.8. The summed E-state index contributed by atoms with van der Waals surface area (Å²) in [5.41, 5.74) is 1.21. The number of allylic oxidation sites excluding steroid dienone is 3. The molecule has 0 unspecified atom stereocenters. The van der Waals surface area contributed by atoms with Crippen LogP contribution in [0.15, 0.2) is 42.0 Å². The third kappa shape index (κ3) is 3.57. The molecule has 0 aliphatic heterocycles. The summed E-state index contributed by atoms with van der Waals surface area (Å²) in [6.07, 6.45) is 1.32. The summed E-state index contributed by atoms with van der Waals surface area (Å²) in [4.78, 5) is 0. The van der Waals surface area contributed by atoms with Gasteiger partial charge in [0, 0.05) is 0 Å². The second kappa shape index (κ2) is 5.01. The number of hydrogen-bond donors (Lipinski definition) is 0. The normalized spacial score (nSPS) is 13.4. The molecule has 0 N–H and O–H groups in total. The van der Waals surface area contributed by atoms with Crippen molar-refractivity contribution in [1.82, 2.24) is 0 Å². The summed E-state index contributed by atoms with van der Waals surface area (Å²) in [6, 6.07) is 5.10. The van der Waals surface area contributed by atoms with Crippen LogP contribution in [-0.4, -0.2) is 0 Å². The van der Waals surface area contributed by atoms with E-state index in [0.717, 1.165) is 23.3 Å². The molecule has 0 saturated heterocycles. The fourth-order valence-corrected chi connectivity index (χ4v) is 1.11. The molecular weight excluding hydrogens is 213 g/mol. The lowest BCUT2D eigenvalue weighted by Crippen LogP contribution is -2.03. The van der Waals surface area contributed by atoms with Gasteiger partial charge in [0.15, 0.2) is 0 Å². The first-order valence-electron chi connectivity index (χ1n) is 4.92. The molecule has 0 heterocycles. The Morgan fingerprint density at radius 1 is 1.12 bits per heavy atom. The van der Waals surface area contributed by atoms with Crippen molar-refractivity contribution in [1.29, 1.82) is 0 Å². The molecule has 0 spiro atoms. The highest BCUT2D eigenvalue weighted by Gasteiger charge is 2.29. The maximum atomic E-state index is 12.3. The Balaban J connectivity index is 2.84. The maximum absolute atomic E-state index is 12.3. The Bertz CT molecular complexity index is 394. The molecule has 1 aromatic rings. The summed E-state index contributed by atoms with van der Waals surface area (Å²) in [5, 5.41) is 0. The predicted octanol–water partition coefficient (Wildman–Crippen LogP) is 4.68. The van der Waals surface area contributed by atoms with Crippen molar-refractivity contribution in [3.63, 3.8) is 0 Å². The van der Waals surface area contributed by atoms with Crippen LogP contribution < -0.4 is 0 Å². The van der Waals surface area contributed by atoms with E-state index in [9.17, 15) is 13.2 Å². The van der Waals surface area contributed by atoms with Gasteiger partial charge < -0.3 is 0 Å². The molecular formula is C13H13F3. The predicted molar refractivity (Wildman–Crippen MR) is 59.9 cm³/mol. The maximum Gasteiger partial charge on any atom is 0.416 e. The second-order valence-corrected chi connectivity index (χ2v) is 3.49. The lowest BCUT2D eigenvalue weighted by molar-refractivity contribution is -0.137. The van der Waals surface area contributed by atoms with E-state index in [2.05, 4.69) is 0 Å². The van der Waals surface area contributed by atoms with Crippen LogP contribution in [-0.2, 0) is 6.18 Å². The minimum Gasteiger partial charge on any atom is -0.166 e. The molecule has 0 aliphatic rings. The van der Waals surface area contributed by atoms with Gasteiger partial charge in [0.1, 0.15) is 0 Å². The average molecular weight is 226 g/mol. The van der Waals surface area contributed by atoms with E-state index < -0.39 is 11.7 Å². The first kappa shape index (κ1) is 12.6. The molecule has 1 rings (SSSR count). The van der Waals surface area contributed by atoms with Crippen LogP contribution in [0.3, 0.4) is 0 Å². The lowest BCUT2D eigenvalue weighted by atomic mass is 10.1. The van der Waals surface area contributed by atoms with Crippen LogP contribution in [0.2, 0.25) is 0 Å². The van der Waals surface area contributed by atoms with Crippen molar-refractivity contribution in [3.05, 3.63) is 53.1 Å². The van der Waals surface area contributed by atoms with Crippen LogP contribution in [0.5, 0.6) is 0 Å². The first-order chi connectivity index (χ1) is 7.43. The Hall–Kier alpha value is -1.51. The average Bonchev–Trinajstić information content (AvgIpc) is 2.25. The van der Waals surface area contributed by atoms with Crippen LogP contribution in [0.25, 0.3) is 6.08 Å². The molecule has 0 fully saturated rings. The molecule has 1 aromatic carbocycles. The van der Waals surface area contributed by atoms with Crippen molar-refractivity contribution in [2.24, 2.45) is 0 Å². The van der Waals surface area contributed by atoms with Gasteiger partial charge in [0.05, 0.1) is 5.56 Å². The topological polar surface area (TPSA) is 0 Å². The van der Waals surface area contributed by atoms with E-state index in [1.54, 1.807) is 6.08 Å². The first-order valence-corrected chi connectivity index (χ1v) is 4.92. The second-order valence-electron chi connectivity index (χ2n) is 3.49. The van der Waals surface area contributed by atoms with Crippen molar-refractivity contribution in [2.75, 3.05) is 0 Å². The zero-order valence-corrected chi connectivity index (χ0v) is 9.18. The molecule has 86 valence electrons. The monoisotopic (exact) mass is 226 g/mol. The van der Waals surface area contributed by atoms with Crippen molar-refractivity contribution in [2.45, 2.75) is 20.0 Å². The largest absolute Gasteiger partial charge is 0.416 e. The Kier molecular flexibility index (Phi) is 3.93. The van der Waals surface area contributed by atoms with Gasteiger partial charge in [-0.15, -0.1) is 0 Å². The number of rotatable bonds is 2. The molecule has 0 nitrogen and oxygen atoms in total. The highest BCUT2D eigenvalue weighted by Crippen LogP contribution is 2.29. The molecule has 0 atom stereocenters. The van der Waals surface area contributed by atoms with E-state index in [4.69, 9.17) is 0 Å². The van der Waals surface area contributed by atoms with Gasteiger partial charge in [-0.3, -0.25) is 0 Å². The minimum atomic E-state index is -4.26. The Morgan fingerprint density at radius 3 is 2.12 bits per heavy atom. The molecule has 0 bridgehead atoms. The lowest BCUT2D eigenvalue weighted by Gasteiger charge is -2.05. The van der Waals surface area contributed by atoms with Crippen LogP contribution in [0.1, 0.15) is 25.0 Å². The van der Waals surface area contributed by atoms with Gasteiger partial charge in [-0.05, 0) is 31.5 Å². The zero-order valence-electron chi connectivity index (χ0n) is 9.18. The minimum absolute atomic E-state index is 0.618. The molecule has 0 amide bonds. The third-order valence-electron chi connectivity index (χ3n) is 2.23. The Morgan fingerprint density at radius 2 is 1.69 bits per heavy atom. The van der Waals surface area contributed by atoms with Crippen molar-refractivity contribution < 1.29 is 13.2 Å². The third-order valence-corrected chi connectivity index (χ3v) is 2.23. The van der Waals surface area contributed by atoms with Crippen LogP contribution in [0, 0.1) is 0 Å². The highest BCUT2D eigenvalue weighted by molar-refractivity contribution is 5.53. The van der Waals surface area contributed by atoms with E-state index in [0.29, 0.717) is 0 Å². The van der Waals surface area contributed by atoms with Crippen molar-refractivity contribution in [3.8, 4) is 0 Å². The zero-order chi connectivity index (χ0) is 12.2. The standard InChI is InChI=1S/C13H13F3/c1-3-10(2)4-5-11-6-8-12(9-7-11)13(14,15)16/h3-9H,1-2H3/b5-4+,10-3+. The fourth-order valence-electron chi connectivity index (χ4n) is 1.11. The van der Waals surface area contributed by atoms with E-state index in [1.165, 1.54) is 12.1 Å². The summed E-state index contributed by atoms with van der Waals surface area (Å²) in [6.45, 7) is 3.84. The molecule has 0 aliphatic carbocycles. The molecule has 0 saturated carbocycles. The summed E-state index contributed by atoms with van der Waals surface area (Å²) in [7, 11) is 0. The van der Waals surface area contributed by atoms with E-state index in [-0.39, 0.29) is 0 Å². The van der Waals surface area contributed by atoms with Gasteiger partial charge >= 0.3 is 6.18 Å². The van der Waals surface area contributed by atoms with Gasteiger partial charge in [-0.1, -0.05) is 35.9 Å². The van der Waals surface area contributed by atoms with E-state index in [1.807, 2.05) is 26.0 Å². The number of halogens is 3. The van der Waals surface area contributed by atoms with Gasteiger partial charge in [0.2, 0.25) is 0 Å². The van der Waals surface area contributed by atoms with Crippen molar-refractivity contribution >= 4 is 6.08 Å². The fraction of sp³-hybridized carbons (Fsp3) is 0.231. The number of alkyl halides is 3. The molecule has 3 heteroatoms. The molecule has 16 heavy (non-hydrogen) atoms. The van der Waals surface area contributed by atoms with E-state index >= 15 is 0 Å². The van der Waals surface area contributed by atoms with Crippen LogP contribution in [0.4, 0.5) is 13.2 Å². The number of hydrogen-bond acceptors (Lipinski definition) is 0. The van der Waals surface area contributed by atoms with Gasteiger partial charge in [-0.2, -0.15) is 13.2 Å². The number of benzene rings is 1. The van der Waals surface area contributed by atoms with Gasteiger partial charge in [-0.25, -0.2) is 0 Å². The molecule has 0 radical (unpaired) electrons. The quantitative estimate of drug-likeness (QED) is 0.642. The SMILES string of the molecule is C/C=C(C)/C=C/c1ccc(C(F)(F)F)cc1. The molecule has 0 aromatic heterocycles. The smallest absolute Gasteiger partial charge is 0.166 e. The highest BCUT2D eigenvalue weighted by atomic mass is 19.4. The Labute approximate surface area is 93.1 Å². The van der Waals surface area contributed by atoms with Crippen LogP contribution >= 0.6 is 0 Å². The van der Waals surface area contributed by atoms with Gasteiger partial charge in [0.25, 0.3) is 0 Å². The summed E-state index contributed by atoms with van der Waals surface area (Å²) in [5.74, 6) is 0.